The minimum atomic E-state index is -0.436. The number of allylic oxidation sites excluding steroid dienone is 4. The van der Waals surface area contributed by atoms with Crippen molar-refractivity contribution in [3.05, 3.63) is 86.2 Å². The van der Waals surface area contributed by atoms with Crippen LogP contribution in [0.25, 0.3) is 0 Å². The molecule has 0 spiro atoms. The standard InChI is InChI=1S/C34H39Cl2NO4/c1-33(2)16-25-31(27(38)18-33)30(32-26(37(25)13-6-14-40-5)17-34(3,4)19-28(32)39)22-9-12-29(24(36)15-22)41-20-21-7-10-23(35)11-8-21/h7-12,15,30H,6,13-14,16-20H2,1-5H3. The van der Waals surface area contributed by atoms with Crippen LogP contribution in [-0.4, -0.2) is 36.7 Å². The molecular weight excluding hydrogens is 557 g/mol. The van der Waals surface area contributed by atoms with Crippen molar-refractivity contribution in [2.75, 3.05) is 20.3 Å². The van der Waals surface area contributed by atoms with Gasteiger partial charge in [0.25, 0.3) is 0 Å². The summed E-state index contributed by atoms with van der Waals surface area (Å²) in [6.45, 7) is 10.3. The van der Waals surface area contributed by atoms with Crippen LogP contribution in [0.2, 0.25) is 10.0 Å². The first-order valence-corrected chi connectivity index (χ1v) is 15.1. The SMILES string of the molecule is COCCCN1C2=C(C(=O)CC(C)(C)C2)C(c2ccc(OCc3ccc(Cl)cc3)c(Cl)c2)C2=C1CC(C)(C)CC2=O. The Morgan fingerprint density at radius 1 is 0.854 bits per heavy atom. The number of methoxy groups -OCH3 is 1. The van der Waals surface area contributed by atoms with E-state index in [0.29, 0.717) is 48.4 Å². The molecule has 0 saturated heterocycles. The van der Waals surface area contributed by atoms with Gasteiger partial charge in [-0.25, -0.2) is 0 Å². The fraction of sp³-hybridized carbons (Fsp3) is 0.471. The van der Waals surface area contributed by atoms with E-state index in [-0.39, 0.29) is 22.4 Å². The number of Topliss-reactive ketones (excluding diaryl/α,β-unsaturated/α-hetero) is 2. The Morgan fingerprint density at radius 3 is 1.98 bits per heavy atom. The van der Waals surface area contributed by atoms with Crippen LogP contribution >= 0.6 is 23.2 Å². The van der Waals surface area contributed by atoms with E-state index >= 15 is 0 Å². The third kappa shape index (κ3) is 6.28. The number of benzene rings is 2. The Hall–Kier alpha value is -2.60. The lowest BCUT2D eigenvalue weighted by Crippen LogP contribution is -2.44. The van der Waals surface area contributed by atoms with Gasteiger partial charge in [0.05, 0.1) is 5.02 Å². The average Bonchev–Trinajstić information content (AvgIpc) is 2.88. The molecule has 41 heavy (non-hydrogen) atoms. The van der Waals surface area contributed by atoms with Crippen molar-refractivity contribution in [1.82, 2.24) is 4.90 Å². The number of halogens is 2. The molecule has 0 radical (unpaired) electrons. The largest absolute Gasteiger partial charge is 0.487 e. The van der Waals surface area contributed by atoms with Crippen LogP contribution in [0.5, 0.6) is 5.75 Å². The van der Waals surface area contributed by atoms with Crippen molar-refractivity contribution in [3.8, 4) is 5.75 Å². The zero-order chi connectivity index (χ0) is 29.5. The van der Waals surface area contributed by atoms with E-state index < -0.39 is 5.92 Å². The molecule has 7 heteroatoms. The second kappa shape index (κ2) is 11.6. The number of nitrogens with zero attached hydrogens (tertiary/aromatic N) is 1. The maximum absolute atomic E-state index is 13.9. The molecule has 0 atom stereocenters. The van der Waals surface area contributed by atoms with E-state index in [2.05, 4.69) is 32.6 Å². The van der Waals surface area contributed by atoms with Crippen LogP contribution in [0.3, 0.4) is 0 Å². The maximum atomic E-state index is 13.9. The zero-order valence-corrected chi connectivity index (χ0v) is 26.1. The monoisotopic (exact) mass is 595 g/mol. The topological polar surface area (TPSA) is 55.8 Å². The lowest BCUT2D eigenvalue weighted by molar-refractivity contribution is -0.119. The molecule has 3 aliphatic rings. The predicted octanol–water partition coefficient (Wildman–Crippen LogP) is 8.29. The molecular formula is C34H39Cl2NO4. The summed E-state index contributed by atoms with van der Waals surface area (Å²) in [6.07, 6.45) is 3.26. The average molecular weight is 597 g/mol. The van der Waals surface area contributed by atoms with Crippen molar-refractivity contribution in [2.24, 2.45) is 10.8 Å². The van der Waals surface area contributed by atoms with Crippen LogP contribution in [0.15, 0.2) is 65.0 Å². The number of hydrogen-bond acceptors (Lipinski definition) is 5. The molecule has 2 aromatic rings. The van der Waals surface area contributed by atoms with Crippen molar-refractivity contribution < 1.29 is 19.1 Å². The molecule has 2 aromatic carbocycles. The molecule has 0 N–H and O–H groups in total. The Labute approximate surface area is 253 Å². The molecule has 218 valence electrons. The van der Waals surface area contributed by atoms with Crippen molar-refractivity contribution in [3.63, 3.8) is 0 Å². The summed E-state index contributed by atoms with van der Waals surface area (Å²) in [7, 11) is 1.70. The summed E-state index contributed by atoms with van der Waals surface area (Å²) < 4.78 is 11.4. The van der Waals surface area contributed by atoms with Crippen molar-refractivity contribution in [1.29, 1.82) is 0 Å². The molecule has 5 rings (SSSR count). The highest BCUT2D eigenvalue weighted by Crippen LogP contribution is 2.54. The summed E-state index contributed by atoms with van der Waals surface area (Å²) in [6, 6.07) is 13.2. The number of carbonyl (C=O) groups excluding carboxylic acids is 2. The molecule has 5 nitrogen and oxygen atoms in total. The molecule has 2 aliphatic carbocycles. The predicted molar refractivity (Wildman–Crippen MR) is 163 cm³/mol. The summed E-state index contributed by atoms with van der Waals surface area (Å²) in [5.74, 6) is 0.342. The fourth-order valence-corrected chi connectivity index (χ4v) is 6.94. The summed E-state index contributed by atoms with van der Waals surface area (Å²) in [5.41, 5.74) is 5.11. The molecule has 0 saturated carbocycles. The highest BCUT2D eigenvalue weighted by atomic mass is 35.5. The number of carbonyl (C=O) groups is 2. The Kier molecular flexibility index (Phi) is 8.44. The summed E-state index contributed by atoms with van der Waals surface area (Å²) >= 11 is 12.8. The smallest absolute Gasteiger partial charge is 0.162 e. The van der Waals surface area contributed by atoms with E-state index in [1.165, 1.54) is 0 Å². The first-order valence-electron chi connectivity index (χ1n) is 14.3. The minimum Gasteiger partial charge on any atom is -0.487 e. The van der Waals surface area contributed by atoms with E-state index in [1.807, 2.05) is 42.5 Å². The van der Waals surface area contributed by atoms with Crippen LogP contribution in [0, 0.1) is 10.8 Å². The first-order chi connectivity index (χ1) is 19.4. The first kappa shape index (κ1) is 29.9. The lowest BCUT2D eigenvalue weighted by atomic mass is 9.63. The molecule has 0 bridgehead atoms. The third-order valence-corrected chi connectivity index (χ3v) is 8.90. The molecule has 0 aromatic heterocycles. The summed E-state index contributed by atoms with van der Waals surface area (Å²) in [4.78, 5) is 30.2. The van der Waals surface area contributed by atoms with Gasteiger partial charge < -0.3 is 14.4 Å². The lowest BCUT2D eigenvalue weighted by Gasteiger charge is -2.49. The van der Waals surface area contributed by atoms with Crippen LogP contribution in [0.4, 0.5) is 0 Å². The zero-order valence-electron chi connectivity index (χ0n) is 24.6. The van der Waals surface area contributed by atoms with Gasteiger partial charge in [-0.3, -0.25) is 9.59 Å². The number of ether oxygens (including phenoxy) is 2. The van der Waals surface area contributed by atoms with Gasteiger partial charge in [0, 0.05) is 66.6 Å². The van der Waals surface area contributed by atoms with Crippen molar-refractivity contribution in [2.45, 2.75) is 72.3 Å². The quantitative estimate of drug-likeness (QED) is 0.287. The normalized spacial score (nSPS) is 20.3. The number of rotatable bonds is 8. The number of hydrogen-bond donors (Lipinski definition) is 0. The van der Waals surface area contributed by atoms with Crippen LogP contribution < -0.4 is 4.74 Å². The van der Waals surface area contributed by atoms with E-state index in [1.54, 1.807) is 7.11 Å². The molecule has 0 fully saturated rings. The molecule has 1 heterocycles. The van der Waals surface area contributed by atoms with Gasteiger partial charge >= 0.3 is 0 Å². The van der Waals surface area contributed by atoms with Gasteiger partial charge in [0.15, 0.2) is 11.6 Å². The van der Waals surface area contributed by atoms with Crippen molar-refractivity contribution >= 4 is 34.8 Å². The van der Waals surface area contributed by atoms with Gasteiger partial charge in [-0.15, -0.1) is 0 Å². The van der Waals surface area contributed by atoms with Crippen LogP contribution in [-0.2, 0) is 20.9 Å². The molecule has 0 amide bonds. The molecule has 0 unspecified atom stereocenters. The second-order valence-corrected chi connectivity index (χ2v) is 14.0. The van der Waals surface area contributed by atoms with E-state index in [4.69, 9.17) is 32.7 Å². The van der Waals surface area contributed by atoms with E-state index in [9.17, 15) is 9.59 Å². The minimum absolute atomic E-state index is 0.112. The highest BCUT2D eigenvalue weighted by molar-refractivity contribution is 6.32. The Balaban J connectivity index is 1.58. The third-order valence-electron chi connectivity index (χ3n) is 8.35. The fourth-order valence-electron chi connectivity index (χ4n) is 6.57. The van der Waals surface area contributed by atoms with Gasteiger partial charge in [0.2, 0.25) is 0 Å². The molecule has 1 aliphatic heterocycles. The maximum Gasteiger partial charge on any atom is 0.162 e. The van der Waals surface area contributed by atoms with Gasteiger partial charge in [-0.2, -0.15) is 0 Å². The Morgan fingerprint density at radius 2 is 1.44 bits per heavy atom. The van der Waals surface area contributed by atoms with Gasteiger partial charge in [0.1, 0.15) is 12.4 Å². The van der Waals surface area contributed by atoms with Gasteiger partial charge in [-0.05, 0) is 65.5 Å². The Bertz CT molecular complexity index is 1370. The second-order valence-electron chi connectivity index (χ2n) is 13.1. The highest BCUT2D eigenvalue weighted by Gasteiger charge is 2.48. The number of ketones is 2. The van der Waals surface area contributed by atoms with Crippen LogP contribution in [0.1, 0.15) is 76.8 Å². The van der Waals surface area contributed by atoms with E-state index in [0.717, 1.165) is 52.9 Å². The van der Waals surface area contributed by atoms with Gasteiger partial charge in [-0.1, -0.05) is 69.1 Å². The summed E-state index contributed by atoms with van der Waals surface area (Å²) in [5, 5.41) is 1.12.